The quantitative estimate of drug-likeness (QED) is 0.270. The summed E-state index contributed by atoms with van der Waals surface area (Å²) in [6.45, 7) is 8.97. The van der Waals surface area contributed by atoms with Crippen LogP contribution in [0, 0.1) is 0 Å². The number of ketones is 1. The molecule has 2 aliphatic rings. The van der Waals surface area contributed by atoms with Crippen LogP contribution in [0.25, 0.3) is 5.76 Å². The van der Waals surface area contributed by atoms with Gasteiger partial charge in [0.1, 0.15) is 11.5 Å². The lowest BCUT2D eigenvalue weighted by atomic mass is 9.95. The predicted molar refractivity (Wildman–Crippen MR) is 143 cm³/mol. The van der Waals surface area contributed by atoms with Crippen molar-refractivity contribution in [1.29, 1.82) is 0 Å². The number of benzene rings is 2. The number of carbonyl (C=O) groups excluding carboxylic acids is 2. The molecule has 0 bridgehead atoms. The highest BCUT2D eigenvalue weighted by Crippen LogP contribution is 2.42. The fourth-order valence-corrected chi connectivity index (χ4v) is 4.91. The Bertz CT molecular complexity index is 1160. The summed E-state index contributed by atoms with van der Waals surface area (Å²) < 4.78 is 22.1. The number of carbonyl (C=O) groups is 2. The Kier molecular flexibility index (Phi) is 9.25. The average molecular weight is 525 g/mol. The van der Waals surface area contributed by atoms with Gasteiger partial charge in [-0.15, -0.1) is 0 Å². The van der Waals surface area contributed by atoms with Gasteiger partial charge in [0.25, 0.3) is 11.7 Å². The maximum absolute atomic E-state index is 13.4. The lowest BCUT2D eigenvalue weighted by Gasteiger charge is -2.29. The van der Waals surface area contributed by atoms with Gasteiger partial charge in [-0.1, -0.05) is 6.07 Å². The molecule has 204 valence electrons. The summed E-state index contributed by atoms with van der Waals surface area (Å²) in [5, 5.41) is 11.3. The molecular weight excluding hydrogens is 488 g/mol. The minimum absolute atomic E-state index is 0.0525. The smallest absolute Gasteiger partial charge is 0.295 e. The van der Waals surface area contributed by atoms with Crippen LogP contribution in [0.4, 0.5) is 0 Å². The molecule has 0 aromatic heterocycles. The summed E-state index contributed by atoms with van der Waals surface area (Å²) in [5.41, 5.74) is 1.14. The zero-order chi connectivity index (χ0) is 27.1. The third-order valence-corrected chi connectivity index (χ3v) is 6.76. The predicted octanol–water partition coefficient (Wildman–Crippen LogP) is 3.64. The first-order valence-corrected chi connectivity index (χ1v) is 13.1. The normalized spacial score (nSPS) is 19.6. The van der Waals surface area contributed by atoms with Gasteiger partial charge >= 0.3 is 0 Å². The Balaban J connectivity index is 1.71. The highest BCUT2D eigenvalue weighted by atomic mass is 16.5. The van der Waals surface area contributed by atoms with Gasteiger partial charge in [-0.05, 0) is 62.2 Å². The molecule has 4 rings (SSSR count). The second-order valence-corrected chi connectivity index (χ2v) is 9.10. The molecule has 1 N–H and O–H groups in total. The molecule has 9 heteroatoms. The van der Waals surface area contributed by atoms with Gasteiger partial charge in [-0.25, -0.2) is 0 Å². The fraction of sp³-hybridized carbons (Fsp3) is 0.448. The Morgan fingerprint density at radius 1 is 0.974 bits per heavy atom. The third-order valence-electron chi connectivity index (χ3n) is 6.76. The maximum Gasteiger partial charge on any atom is 0.295 e. The van der Waals surface area contributed by atoms with E-state index in [1.165, 1.54) is 0 Å². The number of hydrogen-bond acceptors (Lipinski definition) is 8. The number of ether oxygens (including phenoxy) is 4. The Morgan fingerprint density at radius 2 is 1.68 bits per heavy atom. The molecule has 2 saturated heterocycles. The van der Waals surface area contributed by atoms with Gasteiger partial charge in [-0.2, -0.15) is 0 Å². The third kappa shape index (κ3) is 5.95. The molecule has 2 fully saturated rings. The highest BCUT2D eigenvalue weighted by Gasteiger charge is 2.46. The van der Waals surface area contributed by atoms with Crippen LogP contribution < -0.4 is 14.2 Å². The molecular formula is C29H36N2O7. The topological polar surface area (TPSA) is 97.8 Å². The van der Waals surface area contributed by atoms with Gasteiger partial charge < -0.3 is 29.0 Å². The van der Waals surface area contributed by atoms with Crippen molar-refractivity contribution in [2.75, 3.05) is 59.7 Å². The zero-order valence-electron chi connectivity index (χ0n) is 22.3. The Labute approximate surface area is 223 Å². The van der Waals surface area contributed by atoms with Crippen LogP contribution in [-0.4, -0.2) is 86.3 Å². The van der Waals surface area contributed by atoms with E-state index < -0.39 is 17.7 Å². The van der Waals surface area contributed by atoms with E-state index >= 15 is 0 Å². The SMILES string of the molecule is CCOc1ccc(/C(O)=C2\C(=O)C(=O)N(CCCN3CCOCC3)[C@H]2c2ccc(OCC)c(OC)c2)cc1. The van der Waals surface area contributed by atoms with Crippen molar-refractivity contribution in [3.05, 3.63) is 59.2 Å². The van der Waals surface area contributed by atoms with E-state index in [0.717, 1.165) is 19.6 Å². The van der Waals surface area contributed by atoms with E-state index in [2.05, 4.69) is 4.90 Å². The number of methoxy groups -OCH3 is 1. The first kappa shape index (κ1) is 27.5. The van der Waals surface area contributed by atoms with Crippen LogP contribution >= 0.6 is 0 Å². The van der Waals surface area contributed by atoms with E-state index in [1.807, 2.05) is 19.9 Å². The van der Waals surface area contributed by atoms with Gasteiger partial charge in [0.05, 0.1) is 45.2 Å². The first-order valence-electron chi connectivity index (χ1n) is 13.1. The molecule has 2 aromatic carbocycles. The van der Waals surface area contributed by atoms with Crippen molar-refractivity contribution in [3.63, 3.8) is 0 Å². The summed E-state index contributed by atoms with van der Waals surface area (Å²) in [5.74, 6) is 0.150. The van der Waals surface area contributed by atoms with Crippen molar-refractivity contribution in [3.8, 4) is 17.2 Å². The summed E-state index contributed by atoms with van der Waals surface area (Å²) in [6.07, 6.45) is 0.681. The van der Waals surface area contributed by atoms with E-state index in [9.17, 15) is 14.7 Å². The molecule has 0 spiro atoms. The molecule has 2 heterocycles. The van der Waals surface area contributed by atoms with Crippen LogP contribution in [0.15, 0.2) is 48.0 Å². The lowest BCUT2D eigenvalue weighted by Crippen LogP contribution is -2.39. The number of morpholine rings is 1. The second kappa shape index (κ2) is 12.8. The Hall–Kier alpha value is -3.56. The minimum atomic E-state index is -0.768. The molecule has 0 radical (unpaired) electrons. The first-order chi connectivity index (χ1) is 18.5. The van der Waals surface area contributed by atoms with Gasteiger partial charge in [0, 0.05) is 31.7 Å². The number of hydrogen-bond donors (Lipinski definition) is 1. The maximum atomic E-state index is 13.4. The van der Waals surface area contributed by atoms with E-state index in [-0.39, 0.29) is 11.3 Å². The molecule has 2 aliphatic heterocycles. The largest absolute Gasteiger partial charge is 0.507 e. The Morgan fingerprint density at radius 3 is 2.34 bits per heavy atom. The lowest BCUT2D eigenvalue weighted by molar-refractivity contribution is -0.140. The molecule has 1 amide bonds. The standard InChI is InChI=1S/C29H36N2O7/c1-4-37-22-10-7-20(8-11-22)27(32)25-26(21-9-12-23(38-5-2)24(19-21)35-3)31(29(34)28(25)33)14-6-13-30-15-17-36-18-16-30/h7-12,19,26,32H,4-6,13-18H2,1-3H3/b27-25+/t26-/m0/s1. The molecule has 9 nitrogen and oxygen atoms in total. The van der Waals surface area contributed by atoms with Crippen LogP contribution in [0.2, 0.25) is 0 Å². The summed E-state index contributed by atoms with van der Waals surface area (Å²) >= 11 is 0. The monoisotopic (exact) mass is 524 g/mol. The number of aliphatic hydroxyl groups excluding tert-OH is 1. The molecule has 0 saturated carbocycles. The van der Waals surface area contributed by atoms with Gasteiger partial charge in [-0.3, -0.25) is 14.5 Å². The van der Waals surface area contributed by atoms with E-state index in [1.54, 1.807) is 48.4 Å². The van der Waals surface area contributed by atoms with Crippen molar-refractivity contribution >= 4 is 17.4 Å². The van der Waals surface area contributed by atoms with Crippen molar-refractivity contribution < 1.29 is 33.6 Å². The molecule has 0 unspecified atom stereocenters. The van der Waals surface area contributed by atoms with Crippen molar-refractivity contribution in [1.82, 2.24) is 9.80 Å². The highest BCUT2D eigenvalue weighted by molar-refractivity contribution is 6.46. The zero-order valence-corrected chi connectivity index (χ0v) is 22.3. The summed E-state index contributed by atoms with van der Waals surface area (Å²) in [7, 11) is 1.54. The average Bonchev–Trinajstić information content (AvgIpc) is 3.19. The summed E-state index contributed by atoms with van der Waals surface area (Å²) in [6, 6.07) is 11.4. The van der Waals surface area contributed by atoms with Crippen LogP contribution in [0.3, 0.4) is 0 Å². The number of nitrogens with zero attached hydrogens (tertiary/aromatic N) is 2. The number of amides is 1. The number of Topliss-reactive ketones (excluding diaryl/α,β-unsaturated/α-hetero) is 1. The van der Waals surface area contributed by atoms with Gasteiger partial charge in [0.15, 0.2) is 11.5 Å². The van der Waals surface area contributed by atoms with E-state index in [4.69, 9.17) is 18.9 Å². The van der Waals surface area contributed by atoms with Crippen molar-refractivity contribution in [2.24, 2.45) is 0 Å². The molecule has 38 heavy (non-hydrogen) atoms. The van der Waals surface area contributed by atoms with Crippen LogP contribution in [0.5, 0.6) is 17.2 Å². The van der Waals surface area contributed by atoms with Crippen LogP contribution in [0.1, 0.15) is 37.4 Å². The molecule has 2 aromatic rings. The van der Waals surface area contributed by atoms with E-state index in [0.29, 0.717) is 67.8 Å². The molecule has 1 atom stereocenters. The van der Waals surface area contributed by atoms with Crippen molar-refractivity contribution in [2.45, 2.75) is 26.3 Å². The second-order valence-electron chi connectivity index (χ2n) is 9.10. The number of rotatable bonds is 11. The summed E-state index contributed by atoms with van der Waals surface area (Å²) in [4.78, 5) is 30.5. The molecule has 0 aliphatic carbocycles. The number of likely N-dealkylation sites (tertiary alicyclic amines) is 1. The number of aliphatic hydroxyl groups is 1. The minimum Gasteiger partial charge on any atom is -0.507 e. The van der Waals surface area contributed by atoms with Gasteiger partial charge in [0.2, 0.25) is 0 Å². The van der Waals surface area contributed by atoms with Crippen LogP contribution in [-0.2, 0) is 14.3 Å². The fourth-order valence-electron chi connectivity index (χ4n) is 4.91.